The fourth-order valence-electron chi connectivity index (χ4n) is 2.65. The number of hydrogen-bond donors (Lipinski definition) is 1. The second-order valence-corrected chi connectivity index (χ2v) is 5.63. The van der Waals surface area contributed by atoms with Crippen LogP contribution in [-0.2, 0) is 9.53 Å². The summed E-state index contributed by atoms with van der Waals surface area (Å²) in [7, 11) is 0. The minimum atomic E-state index is -0.440. The number of carbonyl (C=O) groups is 1. The Hall–Kier alpha value is -0.450. The van der Waals surface area contributed by atoms with Crippen molar-refractivity contribution in [3.8, 4) is 0 Å². The van der Waals surface area contributed by atoms with Crippen LogP contribution in [0.5, 0.6) is 0 Å². The van der Waals surface area contributed by atoms with Gasteiger partial charge in [-0.1, -0.05) is 19.8 Å². The number of ether oxygens (including phenoxy) is 1. The van der Waals surface area contributed by atoms with E-state index in [1.807, 2.05) is 0 Å². The van der Waals surface area contributed by atoms with E-state index in [4.69, 9.17) is 4.74 Å². The van der Waals surface area contributed by atoms with Crippen molar-refractivity contribution < 1.29 is 14.6 Å². The number of hydrogen-bond acceptors (Lipinski definition) is 4. The number of nitrogens with zero attached hydrogens (tertiary/aromatic N) is 1. The van der Waals surface area contributed by atoms with Crippen molar-refractivity contribution in [1.29, 1.82) is 0 Å². The van der Waals surface area contributed by atoms with Crippen molar-refractivity contribution in [3.05, 3.63) is 0 Å². The van der Waals surface area contributed by atoms with Crippen LogP contribution in [0.1, 0.15) is 52.4 Å². The van der Waals surface area contributed by atoms with E-state index < -0.39 is 6.10 Å². The summed E-state index contributed by atoms with van der Waals surface area (Å²) >= 11 is 0. The Morgan fingerprint density at radius 2 is 2.26 bits per heavy atom. The fraction of sp³-hybridized carbons (Fsp3) is 0.933. The molecule has 0 aromatic carbocycles. The summed E-state index contributed by atoms with van der Waals surface area (Å²) < 4.78 is 5.45. The van der Waals surface area contributed by atoms with Crippen molar-refractivity contribution in [2.45, 2.75) is 64.5 Å². The number of likely N-dealkylation sites (tertiary alicyclic amines) is 1. The van der Waals surface area contributed by atoms with E-state index in [1.54, 1.807) is 6.92 Å². The predicted octanol–water partition coefficient (Wildman–Crippen LogP) is 2.00. The Labute approximate surface area is 117 Å². The third-order valence-electron chi connectivity index (χ3n) is 3.67. The van der Waals surface area contributed by atoms with Gasteiger partial charge in [0.1, 0.15) is 5.78 Å². The molecule has 0 amide bonds. The summed E-state index contributed by atoms with van der Waals surface area (Å²) in [5, 5.41) is 10.0. The van der Waals surface area contributed by atoms with Gasteiger partial charge in [0.05, 0.1) is 12.7 Å². The fourth-order valence-corrected chi connectivity index (χ4v) is 2.65. The minimum Gasteiger partial charge on any atom is -0.389 e. The zero-order valence-corrected chi connectivity index (χ0v) is 12.4. The quantitative estimate of drug-likeness (QED) is 0.652. The molecule has 0 radical (unpaired) electrons. The van der Waals surface area contributed by atoms with Crippen LogP contribution in [0.25, 0.3) is 0 Å². The second-order valence-electron chi connectivity index (χ2n) is 5.63. The van der Waals surface area contributed by atoms with Gasteiger partial charge in [-0.25, -0.2) is 0 Å². The van der Waals surface area contributed by atoms with Gasteiger partial charge in [0.2, 0.25) is 0 Å². The van der Waals surface area contributed by atoms with Gasteiger partial charge < -0.3 is 9.84 Å². The Kier molecular flexibility index (Phi) is 8.26. The molecule has 2 atom stereocenters. The summed E-state index contributed by atoms with van der Waals surface area (Å²) in [5.41, 5.74) is 0. The van der Waals surface area contributed by atoms with E-state index in [-0.39, 0.29) is 5.78 Å². The largest absolute Gasteiger partial charge is 0.389 e. The first-order valence-electron chi connectivity index (χ1n) is 7.62. The Bertz CT molecular complexity index is 258. The smallest absolute Gasteiger partial charge is 0.131 e. The zero-order chi connectivity index (χ0) is 14.1. The van der Waals surface area contributed by atoms with Gasteiger partial charge in [-0.2, -0.15) is 0 Å². The molecule has 0 aromatic heterocycles. The first-order valence-corrected chi connectivity index (χ1v) is 7.62. The molecule has 0 saturated carbocycles. The van der Waals surface area contributed by atoms with Crippen LogP contribution in [0.2, 0.25) is 0 Å². The molecule has 0 bridgehead atoms. The number of unbranched alkanes of at least 4 members (excludes halogenated alkanes) is 1. The SMILES string of the molecule is CCCCOCC(O)CN1CCCCC1CC(C)=O. The lowest BCUT2D eigenvalue weighted by Gasteiger charge is -2.36. The molecule has 1 N–H and O–H groups in total. The minimum absolute atomic E-state index is 0.241. The lowest BCUT2D eigenvalue weighted by Crippen LogP contribution is -2.45. The van der Waals surface area contributed by atoms with Gasteiger partial charge in [-0.3, -0.25) is 9.69 Å². The summed E-state index contributed by atoms with van der Waals surface area (Å²) in [6, 6.07) is 0.316. The maximum atomic E-state index is 11.3. The van der Waals surface area contributed by atoms with Crippen LogP contribution in [0, 0.1) is 0 Å². The first-order chi connectivity index (χ1) is 9.13. The summed E-state index contributed by atoms with van der Waals surface area (Å²) in [5.74, 6) is 0.241. The monoisotopic (exact) mass is 271 g/mol. The highest BCUT2D eigenvalue weighted by molar-refractivity contribution is 5.76. The number of rotatable bonds is 9. The molecule has 1 heterocycles. The highest BCUT2D eigenvalue weighted by Crippen LogP contribution is 2.20. The van der Waals surface area contributed by atoms with E-state index in [0.29, 0.717) is 25.6 Å². The molecular weight excluding hydrogens is 242 g/mol. The van der Waals surface area contributed by atoms with Crippen molar-refractivity contribution >= 4 is 5.78 Å². The van der Waals surface area contributed by atoms with Crippen molar-refractivity contribution in [2.75, 3.05) is 26.3 Å². The number of aliphatic hydroxyl groups excluding tert-OH is 1. The Morgan fingerprint density at radius 3 is 2.95 bits per heavy atom. The summed E-state index contributed by atoms with van der Waals surface area (Å²) in [6.07, 6.45) is 5.76. The molecule has 112 valence electrons. The van der Waals surface area contributed by atoms with E-state index in [9.17, 15) is 9.90 Å². The normalized spacial score (nSPS) is 22.4. The van der Waals surface area contributed by atoms with Crippen molar-refractivity contribution in [1.82, 2.24) is 4.90 Å². The molecule has 1 aliphatic rings. The van der Waals surface area contributed by atoms with Crippen molar-refractivity contribution in [3.63, 3.8) is 0 Å². The molecular formula is C15H29NO3. The number of carbonyl (C=O) groups excluding carboxylic acids is 1. The van der Waals surface area contributed by atoms with Crippen LogP contribution in [-0.4, -0.2) is 54.2 Å². The molecule has 0 aromatic rings. The third kappa shape index (κ3) is 7.04. The summed E-state index contributed by atoms with van der Waals surface area (Å²) in [4.78, 5) is 13.5. The Balaban J connectivity index is 2.28. The lowest BCUT2D eigenvalue weighted by molar-refractivity contribution is -0.118. The molecule has 1 saturated heterocycles. The number of piperidine rings is 1. The maximum absolute atomic E-state index is 11.3. The van der Waals surface area contributed by atoms with Crippen LogP contribution in [0.3, 0.4) is 0 Å². The van der Waals surface area contributed by atoms with Crippen LogP contribution < -0.4 is 0 Å². The molecule has 1 rings (SSSR count). The number of Topliss-reactive ketones (excluding diaryl/α,β-unsaturated/α-hetero) is 1. The van der Waals surface area contributed by atoms with Crippen LogP contribution in [0.15, 0.2) is 0 Å². The number of ketones is 1. The maximum Gasteiger partial charge on any atom is 0.131 e. The van der Waals surface area contributed by atoms with Crippen LogP contribution >= 0.6 is 0 Å². The average Bonchev–Trinajstić information content (AvgIpc) is 2.36. The van der Waals surface area contributed by atoms with E-state index in [0.717, 1.165) is 38.8 Å². The molecule has 2 unspecified atom stereocenters. The van der Waals surface area contributed by atoms with Gasteiger partial charge in [-0.05, 0) is 32.7 Å². The van der Waals surface area contributed by atoms with Gasteiger partial charge in [0.15, 0.2) is 0 Å². The molecule has 0 aliphatic carbocycles. The van der Waals surface area contributed by atoms with E-state index in [1.165, 1.54) is 6.42 Å². The molecule has 4 heteroatoms. The molecule has 1 fully saturated rings. The predicted molar refractivity (Wildman–Crippen MR) is 76.2 cm³/mol. The van der Waals surface area contributed by atoms with Gasteiger partial charge in [0.25, 0.3) is 0 Å². The molecule has 4 nitrogen and oxygen atoms in total. The van der Waals surface area contributed by atoms with E-state index >= 15 is 0 Å². The van der Waals surface area contributed by atoms with Crippen molar-refractivity contribution in [2.24, 2.45) is 0 Å². The van der Waals surface area contributed by atoms with Gasteiger partial charge in [-0.15, -0.1) is 0 Å². The molecule has 1 aliphatic heterocycles. The van der Waals surface area contributed by atoms with Gasteiger partial charge >= 0.3 is 0 Å². The Morgan fingerprint density at radius 1 is 1.47 bits per heavy atom. The first kappa shape index (κ1) is 16.6. The number of β-amino-alcohol motifs (C(OH)–C–C–N with tert-alkyl or cyclic N) is 1. The third-order valence-corrected chi connectivity index (χ3v) is 3.67. The topological polar surface area (TPSA) is 49.8 Å². The molecule has 19 heavy (non-hydrogen) atoms. The average molecular weight is 271 g/mol. The highest BCUT2D eigenvalue weighted by Gasteiger charge is 2.25. The number of aliphatic hydroxyl groups is 1. The summed E-state index contributed by atoms with van der Waals surface area (Å²) in [6.45, 7) is 6.53. The van der Waals surface area contributed by atoms with E-state index in [2.05, 4.69) is 11.8 Å². The molecule has 0 spiro atoms. The standard InChI is InChI=1S/C15H29NO3/c1-3-4-9-19-12-15(18)11-16-8-6-5-7-14(16)10-13(2)17/h14-15,18H,3-12H2,1-2H3. The van der Waals surface area contributed by atoms with Gasteiger partial charge in [0, 0.05) is 25.6 Å². The highest BCUT2D eigenvalue weighted by atomic mass is 16.5. The zero-order valence-electron chi connectivity index (χ0n) is 12.4. The second kappa shape index (κ2) is 9.45. The van der Waals surface area contributed by atoms with Crippen LogP contribution in [0.4, 0.5) is 0 Å². The lowest BCUT2D eigenvalue weighted by atomic mass is 9.97.